The molecular formula is C14H9F3N2. The molecule has 0 radical (unpaired) electrons. The lowest BCUT2D eigenvalue weighted by Gasteiger charge is -2.07. The second-order valence-electron chi connectivity index (χ2n) is 4.07. The standard InChI is InChI=1S/C14H9F3N2/c1-9-2-3-10(6-12(9)7-18)11-4-5-13(19-8-11)14(15,16)17/h2-6,8H,1H3. The molecule has 0 aliphatic heterocycles. The molecule has 1 aromatic heterocycles. The van der Waals surface area contributed by atoms with Crippen molar-refractivity contribution >= 4 is 0 Å². The number of aromatic nitrogens is 1. The molecule has 0 aliphatic rings. The Morgan fingerprint density at radius 3 is 2.32 bits per heavy atom. The van der Waals surface area contributed by atoms with E-state index < -0.39 is 11.9 Å². The van der Waals surface area contributed by atoms with Crippen LogP contribution in [0.4, 0.5) is 13.2 Å². The van der Waals surface area contributed by atoms with Gasteiger partial charge in [-0.3, -0.25) is 4.98 Å². The summed E-state index contributed by atoms with van der Waals surface area (Å²) in [5, 5.41) is 8.93. The van der Waals surface area contributed by atoms with Crippen molar-refractivity contribution in [2.24, 2.45) is 0 Å². The van der Waals surface area contributed by atoms with Crippen molar-refractivity contribution < 1.29 is 13.2 Å². The van der Waals surface area contributed by atoms with Crippen LogP contribution in [-0.4, -0.2) is 4.98 Å². The van der Waals surface area contributed by atoms with E-state index in [0.29, 0.717) is 16.7 Å². The predicted molar refractivity (Wildman–Crippen MR) is 64.1 cm³/mol. The molecule has 0 aliphatic carbocycles. The van der Waals surface area contributed by atoms with Gasteiger partial charge in [0, 0.05) is 11.8 Å². The third kappa shape index (κ3) is 2.74. The molecule has 19 heavy (non-hydrogen) atoms. The van der Waals surface area contributed by atoms with Gasteiger partial charge in [-0.25, -0.2) is 0 Å². The zero-order chi connectivity index (χ0) is 14.0. The first-order valence-corrected chi connectivity index (χ1v) is 5.46. The largest absolute Gasteiger partial charge is 0.433 e. The molecule has 96 valence electrons. The van der Waals surface area contributed by atoms with Crippen LogP contribution in [0.5, 0.6) is 0 Å². The van der Waals surface area contributed by atoms with Gasteiger partial charge in [-0.1, -0.05) is 18.2 Å². The van der Waals surface area contributed by atoms with Crippen LogP contribution in [0.3, 0.4) is 0 Å². The van der Waals surface area contributed by atoms with Gasteiger partial charge in [-0.05, 0) is 30.2 Å². The molecule has 0 amide bonds. The van der Waals surface area contributed by atoms with E-state index in [1.54, 1.807) is 25.1 Å². The number of nitrogens with zero attached hydrogens (tertiary/aromatic N) is 2. The minimum Gasteiger partial charge on any atom is -0.251 e. The lowest BCUT2D eigenvalue weighted by molar-refractivity contribution is -0.141. The van der Waals surface area contributed by atoms with Crippen LogP contribution in [0.2, 0.25) is 0 Å². The lowest BCUT2D eigenvalue weighted by atomic mass is 10.0. The first-order valence-electron chi connectivity index (χ1n) is 5.46. The second kappa shape index (κ2) is 4.73. The van der Waals surface area contributed by atoms with Crippen LogP contribution in [0.1, 0.15) is 16.8 Å². The highest BCUT2D eigenvalue weighted by molar-refractivity contribution is 5.65. The van der Waals surface area contributed by atoms with Crippen molar-refractivity contribution in [2.75, 3.05) is 0 Å². The monoisotopic (exact) mass is 262 g/mol. The van der Waals surface area contributed by atoms with Crippen LogP contribution >= 0.6 is 0 Å². The molecule has 1 aromatic carbocycles. The van der Waals surface area contributed by atoms with Crippen molar-refractivity contribution in [2.45, 2.75) is 13.1 Å². The fraction of sp³-hybridized carbons (Fsp3) is 0.143. The summed E-state index contributed by atoms with van der Waals surface area (Å²) in [6.45, 7) is 1.80. The maximum absolute atomic E-state index is 12.4. The zero-order valence-electron chi connectivity index (χ0n) is 9.99. The minimum atomic E-state index is -4.44. The highest BCUT2D eigenvalue weighted by atomic mass is 19.4. The Morgan fingerprint density at radius 1 is 1.11 bits per heavy atom. The number of hydrogen-bond donors (Lipinski definition) is 0. The van der Waals surface area contributed by atoms with Gasteiger partial charge in [0.25, 0.3) is 0 Å². The van der Waals surface area contributed by atoms with Gasteiger partial charge in [0.15, 0.2) is 0 Å². The van der Waals surface area contributed by atoms with E-state index in [1.807, 2.05) is 6.07 Å². The molecule has 0 fully saturated rings. The van der Waals surface area contributed by atoms with Gasteiger partial charge in [0.05, 0.1) is 11.6 Å². The fourth-order valence-electron chi connectivity index (χ4n) is 1.65. The van der Waals surface area contributed by atoms with E-state index in [4.69, 9.17) is 5.26 Å². The molecule has 2 nitrogen and oxygen atoms in total. The Balaban J connectivity index is 2.41. The maximum atomic E-state index is 12.4. The average molecular weight is 262 g/mol. The Hall–Kier alpha value is -2.35. The number of benzene rings is 1. The Bertz CT molecular complexity index is 637. The summed E-state index contributed by atoms with van der Waals surface area (Å²) in [5.41, 5.74) is 1.61. The quantitative estimate of drug-likeness (QED) is 0.780. The van der Waals surface area contributed by atoms with E-state index in [-0.39, 0.29) is 0 Å². The number of nitriles is 1. The molecule has 0 spiro atoms. The van der Waals surface area contributed by atoms with Gasteiger partial charge in [-0.2, -0.15) is 18.4 Å². The molecule has 0 saturated carbocycles. The normalized spacial score (nSPS) is 11.1. The topological polar surface area (TPSA) is 36.7 Å². The summed E-state index contributed by atoms with van der Waals surface area (Å²) >= 11 is 0. The number of aryl methyl sites for hydroxylation is 1. The summed E-state index contributed by atoms with van der Waals surface area (Å²) in [6.07, 6.45) is -3.28. The molecule has 0 bridgehead atoms. The number of pyridine rings is 1. The lowest BCUT2D eigenvalue weighted by Crippen LogP contribution is -2.07. The van der Waals surface area contributed by atoms with Gasteiger partial charge < -0.3 is 0 Å². The van der Waals surface area contributed by atoms with Crippen molar-refractivity contribution in [1.82, 2.24) is 4.98 Å². The van der Waals surface area contributed by atoms with Gasteiger partial charge >= 0.3 is 6.18 Å². The molecule has 0 atom stereocenters. The van der Waals surface area contributed by atoms with Crippen LogP contribution in [0.15, 0.2) is 36.5 Å². The zero-order valence-corrected chi connectivity index (χ0v) is 9.99. The molecule has 0 saturated heterocycles. The Kier molecular flexibility index (Phi) is 3.26. The molecular weight excluding hydrogens is 253 g/mol. The van der Waals surface area contributed by atoms with Crippen molar-refractivity contribution in [3.8, 4) is 17.2 Å². The van der Waals surface area contributed by atoms with Crippen LogP contribution < -0.4 is 0 Å². The molecule has 0 unspecified atom stereocenters. The second-order valence-corrected chi connectivity index (χ2v) is 4.07. The number of alkyl halides is 3. The summed E-state index contributed by atoms with van der Waals surface area (Å²) in [4.78, 5) is 3.40. The number of rotatable bonds is 1. The van der Waals surface area contributed by atoms with E-state index in [9.17, 15) is 13.2 Å². The smallest absolute Gasteiger partial charge is 0.251 e. The SMILES string of the molecule is Cc1ccc(-c2ccc(C(F)(F)F)nc2)cc1C#N. The first-order chi connectivity index (χ1) is 8.91. The molecule has 0 N–H and O–H groups in total. The van der Waals surface area contributed by atoms with Crippen LogP contribution in [-0.2, 0) is 6.18 Å². The average Bonchev–Trinajstić information content (AvgIpc) is 2.38. The van der Waals surface area contributed by atoms with E-state index in [1.165, 1.54) is 6.07 Å². The van der Waals surface area contributed by atoms with E-state index >= 15 is 0 Å². The maximum Gasteiger partial charge on any atom is 0.433 e. The minimum absolute atomic E-state index is 0.498. The summed E-state index contributed by atoms with van der Waals surface area (Å²) in [7, 11) is 0. The molecule has 5 heteroatoms. The third-order valence-corrected chi connectivity index (χ3v) is 2.75. The van der Waals surface area contributed by atoms with E-state index in [2.05, 4.69) is 4.98 Å². The summed E-state index contributed by atoms with van der Waals surface area (Å²) < 4.78 is 37.2. The predicted octanol–water partition coefficient (Wildman–Crippen LogP) is 3.95. The van der Waals surface area contributed by atoms with Gasteiger partial charge in [0.1, 0.15) is 5.69 Å². The molecule has 1 heterocycles. The van der Waals surface area contributed by atoms with E-state index in [0.717, 1.165) is 17.8 Å². The van der Waals surface area contributed by atoms with Crippen molar-refractivity contribution in [3.63, 3.8) is 0 Å². The van der Waals surface area contributed by atoms with Gasteiger partial charge in [0.2, 0.25) is 0 Å². The van der Waals surface area contributed by atoms with Gasteiger partial charge in [-0.15, -0.1) is 0 Å². The Labute approximate surface area is 108 Å². The number of halogens is 3. The highest BCUT2D eigenvalue weighted by Crippen LogP contribution is 2.29. The van der Waals surface area contributed by atoms with Crippen molar-refractivity contribution in [3.05, 3.63) is 53.3 Å². The summed E-state index contributed by atoms with van der Waals surface area (Å²) in [5.74, 6) is 0. The molecule has 2 aromatic rings. The first kappa shape index (κ1) is 13.1. The fourth-order valence-corrected chi connectivity index (χ4v) is 1.65. The Morgan fingerprint density at radius 2 is 1.79 bits per heavy atom. The van der Waals surface area contributed by atoms with Crippen molar-refractivity contribution in [1.29, 1.82) is 5.26 Å². The molecule has 2 rings (SSSR count). The third-order valence-electron chi connectivity index (χ3n) is 2.75. The van der Waals surface area contributed by atoms with Crippen LogP contribution in [0, 0.1) is 18.3 Å². The number of hydrogen-bond acceptors (Lipinski definition) is 2. The summed E-state index contributed by atoms with van der Waals surface area (Å²) in [6, 6.07) is 9.47. The van der Waals surface area contributed by atoms with Crippen LogP contribution in [0.25, 0.3) is 11.1 Å². The highest BCUT2D eigenvalue weighted by Gasteiger charge is 2.32.